The predicted molar refractivity (Wildman–Crippen MR) is 68.0 cm³/mol. The first-order valence-electron chi connectivity index (χ1n) is 5.14. The Morgan fingerprint density at radius 1 is 1.06 bits per heavy atom. The average molecular weight is 267 g/mol. The lowest BCUT2D eigenvalue weighted by Crippen LogP contribution is -2.31. The van der Waals surface area contributed by atoms with Crippen LogP contribution in [0.3, 0.4) is 0 Å². The molecule has 7 nitrogen and oxygen atoms in total. The van der Waals surface area contributed by atoms with E-state index in [4.69, 9.17) is 27.4 Å². The second kappa shape index (κ2) is 11.6. The summed E-state index contributed by atoms with van der Waals surface area (Å²) < 4.78 is 0. The quantitative estimate of drug-likeness (QED) is 0.252. The molecular weight excluding hydrogens is 246 g/mol. The van der Waals surface area contributed by atoms with E-state index in [0.29, 0.717) is 13.0 Å². The van der Waals surface area contributed by atoms with E-state index in [1.165, 1.54) is 0 Å². The zero-order valence-electron chi connectivity index (χ0n) is 9.58. The molecule has 0 aromatic carbocycles. The second-order valence-corrected chi connectivity index (χ2v) is 3.72. The fraction of sp³-hybridized carbons (Fsp3) is 0.778. The zero-order valence-corrected chi connectivity index (χ0v) is 10.5. The van der Waals surface area contributed by atoms with Gasteiger partial charge < -0.3 is 27.4 Å². The highest BCUT2D eigenvalue weighted by Gasteiger charge is 2.09. The Morgan fingerprint density at radius 3 is 1.76 bits per heavy atom. The van der Waals surface area contributed by atoms with Gasteiger partial charge in [0.1, 0.15) is 12.1 Å². The minimum absolute atomic E-state index is 0.190. The van der Waals surface area contributed by atoms with Gasteiger partial charge in [0, 0.05) is 5.75 Å². The minimum Gasteiger partial charge on any atom is -0.480 e. The monoisotopic (exact) mass is 267 g/mol. The predicted octanol–water partition coefficient (Wildman–Crippen LogP) is -1.14. The molecule has 0 bridgehead atoms. The second-order valence-electron chi connectivity index (χ2n) is 3.36. The van der Waals surface area contributed by atoms with Crippen molar-refractivity contribution >= 4 is 24.6 Å². The highest BCUT2D eigenvalue weighted by atomic mass is 32.1. The Morgan fingerprint density at radius 2 is 1.53 bits per heavy atom. The Balaban J connectivity index is 0. The number of thiol groups is 1. The molecule has 102 valence electrons. The minimum atomic E-state index is -1.00. The summed E-state index contributed by atoms with van der Waals surface area (Å²) in [6, 6.07) is -1.53. The van der Waals surface area contributed by atoms with Gasteiger partial charge >= 0.3 is 11.9 Å². The first kappa shape index (κ1) is 18.5. The molecule has 0 saturated carbocycles. The van der Waals surface area contributed by atoms with Crippen molar-refractivity contribution in [2.75, 3.05) is 12.3 Å². The van der Waals surface area contributed by atoms with Gasteiger partial charge in [0.05, 0.1) is 0 Å². The molecular formula is C9H21N3O4S. The topological polar surface area (TPSA) is 153 Å². The molecule has 0 spiro atoms. The summed E-state index contributed by atoms with van der Waals surface area (Å²) in [6.45, 7) is 0.604. The number of unbranched alkanes of at least 4 members (excludes halogenated alkanes) is 1. The van der Waals surface area contributed by atoms with Gasteiger partial charge in [-0.05, 0) is 19.4 Å². The van der Waals surface area contributed by atoms with Gasteiger partial charge in [-0.3, -0.25) is 9.59 Å². The lowest BCUT2D eigenvalue weighted by atomic mass is 10.1. The Hall–Kier alpha value is -0.830. The molecule has 0 rings (SSSR count). The zero-order chi connectivity index (χ0) is 13.8. The summed E-state index contributed by atoms with van der Waals surface area (Å²) in [5.74, 6) is -1.75. The number of aliphatic carboxylic acids is 2. The van der Waals surface area contributed by atoms with Crippen molar-refractivity contribution in [3.8, 4) is 0 Å². The standard InChI is InChI=1S/C6H14N2O2.C3H7NO2S/c7-4-2-1-3-5(8)6(9)10;4-2(1-7)3(5)6/h5H,1-4,7-8H2,(H,9,10);2,7H,1,4H2,(H,5,6)/t;2-/m.0/s1. The lowest BCUT2D eigenvalue weighted by molar-refractivity contribution is -0.139. The van der Waals surface area contributed by atoms with E-state index in [9.17, 15) is 9.59 Å². The largest absolute Gasteiger partial charge is 0.480 e. The average Bonchev–Trinajstić information content (AvgIpc) is 2.28. The smallest absolute Gasteiger partial charge is 0.321 e. The van der Waals surface area contributed by atoms with E-state index in [0.717, 1.165) is 12.8 Å². The Labute approximate surface area is 106 Å². The molecule has 8 heteroatoms. The molecule has 0 aliphatic carbocycles. The van der Waals surface area contributed by atoms with Crippen LogP contribution in [0.1, 0.15) is 19.3 Å². The van der Waals surface area contributed by atoms with E-state index in [1.54, 1.807) is 0 Å². The lowest BCUT2D eigenvalue weighted by Gasteiger charge is -2.03. The molecule has 0 aromatic heterocycles. The molecule has 0 heterocycles. The van der Waals surface area contributed by atoms with Crippen molar-refractivity contribution < 1.29 is 19.8 Å². The molecule has 0 aliphatic rings. The van der Waals surface area contributed by atoms with Crippen LogP contribution in [0, 0.1) is 0 Å². The first-order chi connectivity index (χ1) is 7.86. The molecule has 1 unspecified atom stereocenters. The van der Waals surface area contributed by atoms with Crippen LogP contribution in [0.15, 0.2) is 0 Å². The van der Waals surface area contributed by atoms with E-state index in [2.05, 4.69) is 12.6 Å². The fourth-order valence-electron chi connectivity index (χ4n) is 0.710. The van der Waals surface area contributed by atoms with Crippen LogP contribution in [-0.4, -0.2) is 46.5 Å². The summed E-state index contributed by atoms with van der Waals surface area (Å²) >= 11 is 3.65. The van der Waals surface area contributed by atoms with Crippen LogP contribution in [-0.2, 0) is 9.59 Å². The van der Waals surface area contributed by atoms with Gasteiger partial charge in [0.15, 0.2) is 0 Å². The van der Waals surface area contributed by atoms with Crippen molar-refractivity contribution in [1.29, 1.82) is 0 Å². The number of carboxylic acids is 2. The summed E-state index contributed by atoms with van der Waals surface area (Å²) in [6.07, 6.45) is 2.16. The van der Waals surface area contributed by atoms with Gasteiger partial charge in [-0.25, -0.2) is 0 Å². The van der Waals surface area contributed by atoms with Crippen molar-refractivity contribution in [3.05, 3.63) is 0 Å². The number of carboxylic acid groups (broad SMARTS) is 2. The molecule has 0 radical (unpaired) electrons. The first-order valence-corrected chi connectivity index (χ1v) is 5.77. The summed E-state index contributed by atoms with van der Waals surface area (Å²) in [5.41, 5.74) is 15.4. The van der Waals surface area contributed by atoms with E-state index in [-0.39, 0.29) is 5.75 Å². The van der Waals surface area contributed by atoms with Crippen molar-refractivity contribution in [2.45, 2.75) is 31.3 Å². The van der Waals surface area contributed by atoms with Crippen LogP contribution < -0.4 is 17.2 Å². The number of rotatable bonds is 7. The van der Waals surface area contributed by atoms with Crippen LogP contribution in [0.4, 0.5) is 0 Å². The van der Waals surface area contributed by atoms with Crippen molar-refractivity contribution in [2.24, 2.45) is 17.2 Å². The van der Waals surface area contributed by atoms with Gasteiger partial charge in [-0.2, -0.15) is 12.6 Å². The summed E-state index contributed by atoms with van der Waals surface area (Å²) in [4.78, 5) is 19.9. The molecule has 17 heavy (non-hydrogen) atoms. The highest BCUT2D eigenvalue weighted by molar-refractivity contribution is 7.80. The van der Waals surface area contributed by atoms with Gasteiger partial charge in [-0.15, -0.1) is 0 Å². The molecule has 0 aliphatic heterocycles. The maximum absolute atomic E-state index is 10.1. The van der Waals surface area contributed by atoms with Crippen LogP contribution >= 0.6 is 12.6 Å². The maximum atomic E-state index is 10.1. The molecule has 8 N–H and O–H groups in total. The molecule has 0 amide bonds. The van der Waals surface area contributed by atoms with Crippen molar-refractivity contribution in [3.63, 3.8) is 0 Å². The number of hydrogen-bond donors (Lipinski definition) is 6. The normalized spacial score (nSPS) is 13.2. The SMILES string of the molecule is NCCCCC(N)C(=O)O.N[C@@H](CS)C(=O)O. The van der Waals surface area contributed by atoms with Crippen LogP contribution in [0.25, 0.3) is 0 Å². The molecule has 0 saturated heterocycles. The van der Waals surface area contributed by atoms with Gasteiger partial charge in [0.25, 0.3) is 0 Å². The van der Waals surface area contributed by atoms with E-state index < -0.39 is 24.0 Å². The summed E-state index contributed by atoms with van der Waals surface area (Å²) in [7, 11) is 0. The number of carbonyl (C=O) groups is 2. The third-order valence-corrected chi connectivity index (χ3v) is 2.19. The molecule has 0 fully saturated rings. The highest BCUT2D eigenvalue weighted by Crippen LogP contribution is 1.96. The fourth-order valence-corrected chi connectivity index (χ4v) is 0.866. The van der Waals surface area contributed by atoms with Gasteiger partial charge in [-0.1, -0.05) is 6.42 Å². The Kier molecular flexibility index (Phi) is 12.7. The van der Waals surface area contributed by atoms with Gasteiger partial charge in [0.2, 0.25) is 0 Å². The number of hydrogen-bond acceptors (Lipinski definition) is 6. The molecule has 2 atom stereocenters. The van der Waals surface area contributed by atoms with E-state index >= 15 is 0 Å². The van der Waals surface area contributed by atoms with Crippen LogP contribution in [0.2, 0.25) is 0 Å². The number of nitrogens with two attached hydrogens (primary N) is 3. The maximum Gasteiger partial charge on any atom is 0.321 e. The van der Waals surface area contributed by atoms with Crippen LogP contribution in [0.5, 0.6) is 0 Å². The molecule has 0 aromatic rings. The third-order valence-electron chi connectivity index (χ3n) is 1.80. The summed E-state index contributed by atoms with van der Waals surface area (Å²) in [5, 5.41) is 16.3. The Bertz CT molecular complexity index is 228. The third kappa shape index (κ3) is 13.1. The van der Waals surface area contributed by atoms with Crippen molar-refractivity contribution in [1.82, 2.24) is 0 Å². The van der Waals surface area contributed by atoms with E-state index in [1.807, 2.05) is 0 Å².